The molecule has 0 bridgehead atoms. The predicted octanol–water partition coefficient (Wildman–Crippen LogP) is 2.08. The van der Waals surface area contributed by atoms with E-state index >= 15 is 0 Å². The van der Waals surface area contributed by atoms with Crippen molar-refractivity contribution in [3.05, 3.63) is 32.4 Å². The van der Waals surface area contributed by atoms with E-state index in [1.807, 2.05) is 0 Å². The summed E-state index contributed by atoms with van der Waals surface area (Å²) in [6, 6.07) is 1.28. The topological polar surface area (TPSA) is 102 Å². The molecule has 0 fully saturated rings. The van der Waals surface area contributed by atoms with Crippen molar-refractivity contribution in [1.82, 2.24) is 9.78 Å². The highest BCUT2D eigenvalue weighted by atomic mass is 32.1. The Morgan fingerprint density at radius 1 is 1.52 bits per heavy atom. The molecule has 3 rings (SSSR count). The second kappa shape index (κ2) is 6.41. The molecule has 2 heterocycles. The Hall–Kier alpha value is -2.35. The van der Waals surface area contributed by atoms with Gasteiger partial charge in [-0.25, -0.2) is 14.5 Å². The zero-order chi connectivity index (χ0) is 16.4. The number of nitrogens with two attached hydrogens (primary N) is 1. The zero-order valence-electron chi connectivity index (χ0n) is 12.8. The van der Waals surface area contributed by atoms with Crippen LogP contribution in [0.1, 0.15) is 40.6 Å². The number of rotatable bonds is 4. The number of ether oxygens (including phenoxy) is 1. The SMILES string of the molecule is CCOC(=O)c1c(/N=C/n2[nH]c(N)cc2=O)sc2c1CCCC2. The normalized spacial score (nSPS) is 14.1. The molecule has 8 heteroatoms. The fourth-order valence-electron chi connectivity index (χ4n) is 2.68. The van der Waals surface area contributed by atoms with Gasteiger partial charge in [0.15, 0.2) is 0 Å². The van der Waals surface area contributed by atoms with Crippen molar-refractivity contribution in [3.8, 4) is 0 Å². The summed E-state index contributed by atoms with van der Waals surface area (Å²) in [5, 5.41) is 3.25. The van der Waals surface area contributed by atoms with E-state index in [1.165, 1.54) is 33.3 Å². The molecule has 0 radical (unpaired) electrons. The molecule has 1 aliphatic carbocycles. The molecule has 0 saturated heterocycles. The molecular formula is C15H18N4O3S. The van der Waals surface area contributed by atoms with Crippen LogP contribution in [0.3, 0.4) is 0 Å². The van der Waals surface area contributed by atoms with Gasteiger partial charge in [-0.2, -0.15) is 0 Å². The predicted molar refractivity (Wildman–Crippen MR) is 89.9 cm³/mol. The first-order valence-corrected chi connectivity index (χ1v) is 8.34. The number of aromatic amines is 1. The van der Waals surface area contributed by atoms with Crippen LogP contribution in [0.4, 0.5) is 10.8 Å². The maximum atomic E-state index is 12.3. The van der Waals surface area contributed by atoms with Gasteiger partial charge in [0.2, 0.25) is 0 Å². The van der Waals surface area contributed by atoms with Crippen molar-refractivity contribution in [2.75, 3.05) is 12.3 Å². The van der Waals surface area contributed by atoms with Crippen LogP contribution in [0.25, 0.3) is 0 Å². The highest BCUT2D eigenvalue weighted by molar-refractivity contribution is 7.16. The third kappa shape index (κ3) is 3.07. The average Bonchev–Trinajstić information content (AvgIpc) is 3.04. The maximum Gasteiger partial charge on any atom is 0.341 e. The third-order valence-corrected chi connectivity index (χ3v) is 4.89. The summed E-state index contributed by atoms with van der Waals surface area (Å²) < 4.78 is 6.35. The molecule has 0 amide bonds. The van der Waals surface area contributed by atoms with Gasteiger partial charge < -0.3 is 10.5 Å². The van der Waals surface area contributed by atoms with Crippen molar-refractivity contribution >= 4 is 34.5 Å². The molecule has 0 spiro atoms. The van der Waals surface area contributed by atoms with Crippen LogP contribution in [0.5, 0.6) is 0 Å². The first kappa shape index (κ1) is 15.5. The van der Waals surface area contributed by atoms with Crippen LogP contribution in [0.2, 0.25) is 0 Å². The first-order chi connectivity index (χ1) is 11.1. The number of nitrogens with zero attached hydrogens (tertiary/aromatic N) is 2. The minimum Gasteiger partial charge on any atom is -0.462 e. The van der Waals surface area contributed by atoms with Crippen molar-refractivity contribution in [1.29, 1.82) is 0 Å². The molecule has 1 aliphatic rings. The Morgan fingerprint density at radius 3 is 3.00 bits per heavy atom. The Kier molecular flexibility index (Phi) is 4.33. The van der Waals surface area contributed by atoms with Crippen LogP contribution in [-0.4, -0.2) is 28.7 Å². The summed E-state index contributed by atoms with van der Waals surface area (Å²) in [6.07, 6.45) is 5.35. The average molecular weight is 334 g/mol. The molecule has 7 nitrogen and oxygen atoms in total. The Morgan fingerprint density at radius 2 is 2.30 bits per heavy atom. The van der Waals surface area contributed by atoms with Crippen LogP contribution in [-0.2, 0) is 17.6 Å². The number of aryl methyl sites for hydroxylation is 1. The molecular weight excluding hydrogens is 316 g/mol. The number of esters is 1. The number of anilines is 1. The monoisotopic (exact) mass is 334 g/mol. The highest BCUT2D eigenvalue weighted by Crippen LogP contribution is 2.40. The lowest BCUT2D eigenvalue weighted by molar-refractivity contribution is 0.0526. The van der Waals surface area contributed by atoms with Gasteiger partial charge in [-0.1, -0.05) is 0 Å². The lowest BCUT2D eigenvalue weighted by atomic mass is 9.95. The highest BCUT2D eigenvalue weighted by Gasteiger charge is 2.26. The summed E-state index contributed by atoms with van der Waals surface area (Å²) in [5.74, 6) is -0.0880. The molecule has 0 aromatic carbocycles. The van der Waals surface area contributed by atoms with Crippen LogP contribution < -0.4 is 11.3 Å². The van der Waals surface area contributed by atoms with E-state index in [0.29, 0.717) is 17.2 Å². The second-order valence-electron chi connectivity index (χ2n) is 5.28. The van der Waals surface area contributed by atoms with E-state index in [0.717, 1.165) is 31.2 Å². The smallest absolute Gasteiger partial charge is 0.341 e. The molecule has 23 heavy (non-hydrogen) atoms. The van der Waals surface area contributed by atoms with Crippen molar-refractivity contribution < 1.29 is 9.53 Å². The number of H-pyrrole nitrogens is 1. The van der Waals surface area contributed by atoms with E-state index < -0.39 is 0 Å². The van der Waals surface area contributed by atoms with Gasteiger partial charge in [0.05, 0.1) is 12.2 Å². The second-order valence-corrected chi connectivity index (χ2v) is 6.36. The van der Waals surface area contributed by atoms with E-state index in [4.69, 9.17) is 10.5 Å². The van der Waals surface area contributed by atoms with Gasteiger partial charge in [0, 0.05) is 10.9 Å². The van der Waals surface area contributed by atoms with Gasteiger partial charge in [0.25, 0.3) is 5.56 Å². The molecule has 0 atom stereocenters. The van der Waals surface area contributed by atoms with Gasteiger partial charge >= 0.3 is 5.97 Å². The van der Waals surface area contributed by atoms with Crippen LogP contribution in [0.15, 0.2) is 15.9 Å². The third-order valence-electron chi connectivity index (χ3n) is 3.69. The fraction of sp³-hybridized carbons (Fsp3) is 0.400. The Balaban J connectivity index is 2.01. The number of hydrogen-bond acceptors (Lipinski definition) is 6. The van der Waals surface area contributed by atoms with Gasteiger partial charge in [-0.05, 0) is 38.2 Å². The first-order valence-electron chi connectivity index (χ1n) is 7.53. The quantitative estimate of drug-likeness (QED) is 0.507. The Bertz CT molecular complexity index is 815. The molecule has 2 aromatic heterocycles. The van der Waals surface area contributed by atoms with Gasteiger partial charge in [0.1, 0.15) is 17.2 Å². The lowest BCUT2D eigenvalue weighted by Crippen LogP contribution is -2.14. The number of nitrogen functional groups attached to an aromatic ring is 1. The van der Waals surface area contributed by atoms with Crippen molar-refractivity contribution in [3.63, 3.8) is 0 Å². The molecule has 0 unspecified atom stereocenters. The number of aromatic nitrogens is 2. The Labute approximate surface area is 136 Å². The molecule has 0 saturated carbocycles. The van der Waals surface area contributed by atoms with Gasteiger partial charge in [-0.3, -0.25) is 9.89 Å². The largest absolute Gasteiger partial charge is 0.462 e. The van der Waals surface area contributed by atoms with E-state index in [1.54, 1.807) is 6.92 Å². The maximum absolute atomic E-state index is 12.3. The summed E-state index contributed by atoms with van der Waals surface area (Å²) in [7, 11) is 0. The molecule has 0 aliphatic heterocycles. The summed E-state index contributed by atoms with van der Waals surface area (Å²) in [6.45, 7) is 2.10. The lowest BCUT2D eigenvalue weighted by Gasteiger charge is -2.11. The minimum absolute atomic E-state index is 0.262. The number of nitrogens with one attached hydrogen (secondary N) is 1. The summed E-state index contributed by atoms with van der Waals surface area (Å²) in [5.41, 5.74) is 6.82. The zero-order valence-corrected chi connectivity index (χ0v) is 13.6. The van der Waals surface area contributed by atoms with Gasteiger partial charge in [-0.15, -0.1) is 11.3 Å². The number of hydrogen-bond donors (Lipinski definition) is 2. The minimum atomic E-state index is -0.350. The van der Waals surface area contributed by atoms with Crippen LogP contribution >= 0.6 is 11.3 Å². The number of carbonyl (C=O) groups excluding carboxylic acids is 1. The number of thiophene rings is 1. The standard InChI is InChI=1S/C15H18N4O3S/c1-2-22-15(21)13-9-5-3-4-6-10(9)23-14(13)17-8-19-12(20)7-11(16)18-19/h7-8,18H,2-6,16H2,1H3/b17-8+. The summed E-state index contributed by atoms with van der Waals surface area (Å²) >= 11 is 1.49. The van der Waals surface area contributed by atoms with Crippen molar-refractivity contribution in [2.45, 2.75) is 32.6 Å². The number of aliphatic imine (C=N–C) groups is 1. The molecule has 3 N–H and O–H groups in total. The number of fused-ring (bicyclic) bond motifs is 1. The fourth-order valence-corrected chi connectivity index (χ4v) is 3.90. The molecule has 122 valence electrons. The van der Waals surface area contributed by atoms with Crippen LogP contribution in [0, 0.1) is 0 Å². The van der Waals surface area contributed by atoms with E-state index in [-0.39, 0.29) is 17.3 Å². The van der Waals surface area contributed by atoms with Crippen molar-refractivity contribution in [2.24, 2.45) is 4.99 Å². The number of carbonyl (C=O) groups is 1. The summed E-state index contributed by atoms with van der Waals surface area (Å²) in [4.78, 5) is 29.5. The van der Waals surface area contributed by atoms with E-state index in [9.17, 15) is 9.59 Å². The molecule has 2 aromatic rings. The van der Waals surface area contributed by atoms with E-state index in [2.05, 4.69) is 10.1 Å².